The van der Waals surface area contributed by atoms with Crippen LogP contribution in [0.1, 0.15) is 258 Å². The fourth-order valence-corrected chi connectivity index (χ4v) is 7.40. The van der Waals surface area contributed by atoms with Crippen molar-refractivity contribution in [1.29, 1.82) is 0 Å². The monoisotopic (exact) mass is 893 g/mol. The van der Waals surface area contributed by atoms with Crippen molar-refractivity contribution in [3.05, 3.63) is 72.9 Å². The summed E-state index contributed by atoms with van der Waals surface area (Å²) in [6.07, 6.45) is 66.0. The summed E-state index contributed by atoms with van der Waals surface area (Å²) in [6.45, 7) is 6.49. The van der Waals surface area contributed by atoms with Crippen molar-refractivity contribution >= 4 is 17.9 Å². The molecular weight excluding hydrogens is 793 g/mol. The molecule has 0 fully saturated rings. The van der Waals surface area contributed by atoms with Gasteiger partial charge in [0.25, 0.3) is 0 Å². The van der Waals surface area contributed by atoms with Crippen LogP contribution >= 0.6 is 0 Å². The molecule has 6 heteroatoms. The average molecular weight is 893 g/mol. The first-order valence-electron chi connectivity index (χ1n) is 26.9. The molecular formula is C58H100O6. The Balaban J connectivity index is 4.31. The summed E-state index contributed by atoms with van der Waals surface area (Å²) in [4.78, 5) is 37.9. The molecule has 0 rings (SSSR count). The van der Waals surface area contributed by atoms with Crippen molar-refractivity contribution in [2.45, 2.75) is 264 Å². The van der Waals surface area contributed by atoms with Crippen molar-refractivity contribution in [1.82, 2.24) is 0 Å². The molecule has 0 aliphatic rings. The van der Waals surface area contributed by atoms with E-state index in [1.165, 1.54) is 109 Å². The standard InChI is InChI=1S/C58H100O6/c1-4-7-10-13-16-19-22-24-25-26-27-28-29-30-31-32-33-35-36-39-42-45-48-51-57(60)63-54-55(53-62-56(59)50-47-44-41-38-21-18-15-12-9-6-3)64-58(61)52-49-46-43-40-37-34-23-20-17-14-11-8-5-2/h7,10,16,19-20,23-25,27-28,30-31,55H,4-6,8-9,11-15,17-18,21-22,26,29,32-54H2,1-3H3/b10-7-,19-16-,23-20-,25-24-,28-27-,31-30-. The lowest BCUT2D eigenvalue weighted by Gasteiger charge is -2.18. The van der Waals surface area contributed by atoms with Crippen LogP contribution in [0.4, 0.5) is 0 Å². The van der Waals surface area contributed by atoms with Crippen molar-refractivity contribution in [2.75, 3.05) is 13.2 Å². The van der Waals surface area contributed by atoms with Gasteiger partial charge in [-0.15, -0.1) is 0 Å². The van der Waals surface area contributed by atoms with Gasteiger partial charge in [0.2, 0.25) is 0 Å². The van der Waals surface area contributed by atoms with Gasteiger partial charge in [-0.1, -0.05) is 222 Å². The van der Waals surface area contributed by atoms with E-state index in [-0.39, 0.29) is 31.1 Å². The molecule has 0 aliphatic heterocycles. The number of carbonyl (C=O) groups excluding carboxylic acids is 3. The van der Waals surface area contributed by atoms with Gasteiger partial charge in [-0.05, 0) is 89.9 Å². The molecule has 1 atom stereocenters. The first-order chi connectivity index (χ1) is 31.5. The van der Waals surface area contributed by atoms with Crippen molar-refractivity contribution in [3.8, 4) is 0 Å². The smallest absolute Gasteiger partial charge is 0.306 e. The maximum atomic E-state index is 12.8. The van der Waals surface area contributed by atoms with E-state index in [2.05, 4.69) is 93.7 Å². The van der Waals surface area contributed by atoms with Crippen LogP contribution in [0.25, 0.3) is 0 Å². The highest BCUT2D eigenvalue weighted by Crippen LogP contribution is 2.15. The summed E-state index contributed by atoms with van der Waals surface area (Å²) >= 11 is 0. The van der Waals surface area contributed by atoms with Crippen LogP contribution in [0, 0.1) is 0 Å². The lowest BCUT2D eigenvalue weighted by Crippen LogP contribution is -2.30. The van der Waals surface area contributed by atoms with Gasteiger partial charge in [-0.3, -0.25) is 14.4 Å². The number of hydrogen-bond donors (Lipinski definition) is 0. The molecule has 0 heterocycles. The average Bonchev–Trinajstić information content (AvgIpc) is 3.29. The molecule has 368 valence electrons. The van der Waals surface area contributed by atoms with Gasteiger partial charge in [-0.2, -0.15) is 0 Å². The van der Waals surface area contributed by atoms with Gasteiger partial charge in [0.1, 0.15) is 13.2 Å². The van der Waals surface area contributed by atoms with E-state index in [0.717, 1.165) is 109 Å². The summed E-state index contributed by atoms with van der Waals surface area (Å²) in [6, 6.07) is 0. The van der Waals surface area contributed by atoms with Gasteiger partial charge >= 0.3 is 17.9 Å². The lowest BCUT2D eigenvalue weighted by atomic mass is 10.1. The Morgan fingerprint density at radius 1 is 0.328 bits per heavy atom. The first kappa shape index (κ1) is 60.9. The largest absolute Gasteiger partial charge is 0.462 e. The predicted octanol–water partition coefficient (Wildman–Crippen LogP) is 17.8. The number of carbonyl (C=O) groups is 3. The molecule has 0 amide bonds. The van der Waals surface area contributed by atoms with E-state index >= 15 is 0 Å². The zero-order valence-electron chi connectivity index (χ0n) is 42.0. The molecule has 0 bridgehead atoms. The maximum Gasteiger partial charge on any atom is 0.306 e. The minimum absolute atomic E-state index is 0.0805. The highest BCUT2D eigenvalue weighted by Gasteiger charge is 2.19. The molecule has 0 saturated carbocycles. The topological polar surface area (TPSA) is 78.9 Å². The minimum Gasteiger partial charge on any atom is -0.462 e. The van der Waals surface area contributed by atoms with Crippen molar-refractivity contribution in [2.24, 2.45) is 0 Å². The molecule has 0 aromatic rings. The first-order valence-corrected chi connectivity index (χ1v) is 26.9. The second-order valence-electron chi connectivity index (χ2n) is 17.8. The molecule has 0 N–H and O–H groups in total. The number of unbranched alkanes of at least 4 members (excludes halogenated alkanes) is 25. The molecule has 0 aromatic heterocycles. The maximum absolute atomic E-state index is 12.8. The van der Waals surface area contributed by atoms with E-state index in [0.29, 0.717) is 19.3 Å². The SMILES string of the molecule is CC/C=C\C/C=C\C/C=C\C/C=C\C/C=C\CCCCCCCCCC(=O)OCC(COC(=O)CCCCCCCCCCCC)OC(=O)CCCCCCC/C=C\CCCCCC. The Labute approximate surface area is 395 Å². The summed E-state index contributed by atoms with van der Waals surface area (Å²) in [7, 11) is 0. The van der Waals surface area contributed by atoms with Gasteiger partial charge in [0, 0.05) is 19.3 Å². The van der Waals surface area contributed by atoms with E-state index in [1.807, 2.05) is 0 Å². The number of ether oxygens (including phenoxy) is 3. The van der Waals surface area contributed by atoms with Crippen molar-refractivity contribution < 1.29 is 28.6 Å². The highest BCUT2D eigenvalue weighted by atomic mass is 16.6. The predicted molar refractivity (Wildman–Crippen MR) is 274 cm³/mol. The van der Waals surface area contributed by atoms with E-state index in [4.69, 9.17) is 14.2 Å². The molecule has 0 radical (unpaired) electrons. The van der Waals surface area contributed by atoms with Gasteiger partial charge in [0.05, 0.1) is 0 Å². The third-order valence-corrected chi connectivity index (χ3v) is 11.4. The molecule has 0 aromatic carbocycles. The Hall–Kier alpha value is -3.15. The molecule has 0 saturated heterocycles. The van der Waals surface area contributed by atoms with Crippen LogP contribution in [0.5, 0.6) is 0 Å². The van der Waals surface area contributed by atoms with E-state index in [9.17, 15) is 14.4 Å². The van der Waals surface area contributed by atoms with Crippen molar-refractivity contribution in [3.63, 3.8) is 0 Å². The fraction of sp³-hybridized carbons (Fsp3) is 0.741. The molecule has 1 unspecified atom stereocenters. The Bertz CT molecular complexity index is 1210. The van der Waals surface area contributed by atoms with E-state index < -0.39 is 6.10 Å². The normalized spacial score (nSPS) is 12.6. The second kappa shape index (κ2) is 52.5. The molecule has 0 spiro atoms. The van der Waals surface area contributed by atoms with Crippen LogP contribution in [0.3, 0.4) is 0 Å². The van der Waals surface area contributed by atoms with Crippen LogP contribution in [0.2, 0.25) is 0 Å². The van der Waals surface area contributed by atoms with Gasteiger partial charge < -0.3 is 14.2 Å². The number of rotatable bonds is 48. The summed E-state index contributed by atoms with van der Waals surface area (Å²) in [5.41, 5.74) is 0. The van der Waals surface area contributed by atoms with Gasteiger partial charge in [-0.25, -0.2) is 0 Å². The molecule has 64 heavy (non-hydrogen) atoms. The number of esters is 3. The minimum atomic E-state index is -0.781. The molecule has 0 aliphatic carbocycles. The summed E-state index contributed by atoms with van der Waals surface area (Å²) < 4.78 is 16.8. The Morgan fingerprint density at radius 3 is 0.984 bits per heavy atom. The lowest BCUT2D eigenvalue weighted by molar-refractivity contribution is -0.167. The Morgan fingerprint density at radius 2 is 0.609 bits per heavy atom. The Kier molecular flexibility index (Phi) is 49.9. The van der Waals surface area contributed by atoms with Crippen LogP contribution in [-0.4, -0.2) is 37.2 Å². The quantitative estimate of drug-likeness (QED) is 0.0262. The molecule has 6 nitrogen and oxygen atoms in total. The van der Waals surface area contributed by atoms with Crippen LogP contribution in [-0.2, 0) is 28.6 Å². The summed E-state index contributed by atoms with van der Waals surface area (Å²) in [5.74, 6) is -0.899. The fourth-order valence-electron chi connectivity index (χ4n) is 7.40. The highest BCUT2D eigenvalue weighted by molar-refractivity contribution is 5.71. The number of hydrogen-bond acceptors (Lipinski definition) is 6. The zero-order valence-corrected chi connectivity index (χ0v) is 42.0. The third kappa shape index (κ3) is 49.9. The van der Waals surface area contributed by atoms with Crippen LogP contribution < -0.4 is 0 Å². The van der Waals surface area contributed by atoms with Crippen LogP contribution in [0.15, 0.2) is 72.9 Å². The zero-order chi connectivity index (χ0) is 46.5. The summed E-state index contributed by atoms with van der Waals surface area (Å²) in [5, 5.41) is 0. The van der Waals surface area contributed by atoms with E-state index in [1.54, 1.807) is 0 Å². The number of allylic oxidation sites excluding steroid dienone is 12. The second-order valence-corrected chi connectivity index (χ2v) is 17.8. The van der Waals surface area contributed by atoms with Gasteiger partial charge in [0.15, 0.2) is 6.10 Å². The third-order valence-electron chi connectivity index (χ3n) is 11.4.